The molecule has 0 bridgehead atoms. The zero-order valence-electron chi connectivity index (χ0n) is 14.8. The van der Waals surface area contributed by atoms with Crippen molar-refractivity contribution < 1.29 is 9.59 Å². The number of pyridine rings is 1. The Morgan fingerprint density at radius 3 is 2.48 bits per heavy atom. The van der Waals surface area contributed by atoms with Crippen LogP contribution in [-0.2, 0) is 16.6 Å². The summed E-state index contributed by atoms with van der Waals surface area (Å²) in [6, 6.07) is 1.94. The van der Waals surface area contributed by atoms with Gasteiger partial charge in [-0.05, 0) is 19.4 Å². The van der Waals surface area contributed by atoms with Gasteiger partial charge in [-0.2, -0.15) is 5.10 Å². The second-order valence-electron chi connectivity index (χ2n) is 4.86. The predicted molar refractivity (Wildman–Crippen MR) is 91.1 cm³/mol. The van der Waals surface area contributed by atoms with Gasteiger partial charge in [0, 0.05) is 30.7 Å². The molecule has 6 nitrogen and oxygen atoms in total. The molecule has 2 aromatic rings. The summed E-state index contributed by atoms with van der Waals surface area (Å²) in [5, 5.41) is 7.68. The molecule has 3 rings (SSSR count). The van der Waals surface area contributed by atoms with Crippen LogP contribution in [0.4, 0.5) is 0 Å². The van der Waals surface area contributed by atoms with Crippen molar-refractivity contribution >= 4 is 22.7 Å². The van der Waals surface area contributed by atoms with Crippen molar-refractivity contribution in [1.29, 1.82) is 0 Å². The minimum absolute atomic E-state index is 0.213. The Morgan fingerprint density at radius 2 is 1.87 bits per heavy atom. The number of hydrogen-bond donors (Lipinski definition) is 1. The Bertz CT molecular complexity index is 691. The molecule has 1 fully saturated rings. The van der Waals surface area contributed by atoms with E-state index in [4.69, 9.17) is 0 Å². The van der Waals surface area contributed by atoms with E-state index < -0.39 is 0 Å². The predicted octanol–water partition coefficient (Wildman–Crippen LogP) is 2.85. The summed E-state index contributed by atoms with van der Waals surface area (Å²) in [5.41, 5.74) is 2.56. The van der Waals surface area contributed by atoms with Crippen molar-refractivity contribution in [2.45, 2.75) is 53.4 Å². The minimum atomic E-state index is -0.370. The molecular weight excluding hydrogens is 292 g/mol. The molecule has 1 unspecified atom stereocenters. The molecule has 0 spiro atoms. The van der Waals surface area contributed by atoms with Crippen molar-refractivity contribution in [2.75, 3.05) is 0 Å². The molecule has 6 heteroatoms. The fourth-order valence-electron chi connectivity index (χ4n) is 2.49. The van der Waals surface area contributed by atoms with E-state index in [2.05, 4.69) is 15.4 Å². The van der Waals surface area contributed by atoms with Gasteiger partial charge in [0.05, 0.1) is 17.1 Å². The molecule has 0 aromatic carbocycles. The highest BCUT2D eigenvalue weighted by atomic mass is 16.2. The van der Waals surface area contributed by atoms with Crippen LogP contribution < -0.4 is 5.32 Å². The topological polar surface area (TPSA) is 76.9 Å². The quantitative estimate of drug-likeness (QED) is 0.820. The number of hydrogen-bond acceptors (Lipinski definition) is 4. The van der Waals surface area contributed by atoms with Gasteiger partial charge in [-0.15, -0.1) is 0 Å². The maximum absolute atomic E-state index is 11.9. The van der Waals surface area contributed by atoms with Gasteiger partial charge >= 0.3 is 0 Å². The van der Waals surface area contributed by atoms with Crippen LogP contribution in [0.1, 0.15) is 57.8 Å². The molecule has 1 N–H and O–H groups in total. The lowest BCUT2D eigenvalue weighted by Gasteiger charge is -2.19. The summed E-state index contributed by atoms with van der Waals surface area (Å²) >= 11 is 0. The number of nitrogens with zero attached hydrogens (tertiary/aromatic N) is 3. The Morgan fingerprint density at radius 1 is 1.22 bits per heavy atom. The standard InChI is InChI=1S/C13H14N4O2.2C2H6/c1-7-5-10-9(6-14-7)12(16-17(10)2)8-3-4-11(18)15-13(8)19;2*1-2/h5-6,8H,3-4H2,1-2H3,(H,15,18,19);2*1-2H3. The summed E-state index contributed by atoms with van der Waals surface area (Å²) in [4.78, 5) is 27.4. The molecular formula is C17H26N4O2. The molecule has 1 atom stereocenters. The van der Waals surface area contributed by atoms with Crippen molar-refractivity contribution in [2.24, 2.45) is 7.05 Å². The highest BCUT2D eigenvalue weighted by molar-refractivity contribution is 6.02. The first kappa shape index (κ1) is 18.8. The maximum Gasteiger partial charge on any atom is 0.235 e. The van der Waals surface area contributed by atoms with Crippen LogP contribution >= 0.6 is 0 Å². The van der Waals surface area contributed by atoms with E-state index >= 15 is 0 Å². The molecule has 0 aliphatic carbocycles. The summed E-state index contributed by atoms with van der Waals surface area (Å²) in [6.07, 6.45) is 2.61. The molecule has 23 heavy (non-hydrogen) atoms. The number of aryl methyl sites for hydroxylation is 2. The molecule has 0 radical (unpaired) electrons. The van der Waals surface area contributed by atoms with Crippen LogP contribution in [0.5, 0.6) is 0 Å². The van der Waals surface area contributed by atoms with Gasteiger partial charge in [0.2, 0.25) is 11.8 Å². The van der Waals surface area contributed by atoms with E-state index in [-0.39, 0.29) is 17.7 Å². The van der Waals surface area contributed by atoms with E-state index in [1.807, 2.05) is 47.7 Å². The number of nitrogens with one attached hydrogen (secondary N) is 1. The zero-order valence-corrected chi connectivity index (χ0v) is 14.8. The fraction of sp³-hybridized carbons (Fsp3) is 0.529. The summed E-state index contributed by atoms with van der Waals surface area (Å²) in [7, 11) is 1.84. The maximum atomic E-state index is 11.9. The normalized spacial score (nSPS) is 16.9. The highest BCUT2D eigenvalue weighted by Crippen LogP contribution is 2.29. The first-order chi connectivity index (χ1) is 11.1. The lowest BCUT2D eigenvalue weighted by Crippen LogP contribution is -2.39. The molecule has 2 aromatic heterocycles. The zero-order chi connectivity index (χ0) is 17.6. The van der Waals surface area contributed by atoms with E-state index in [1.165, 1.54) is 0 Å². The van der Waals surface area contributed by atoms with Gasteiger partial charge in [0.15, 0.2) is 0 Å². The van der Waals surface area contributed by atoms with Crippen molar-refractivity contribution in [1.82, 2.24) is 20.1 Å². The van der Waals surface area contributed by atoms with Crippen LogP contribution in [0.3, 0.4) is 0 Å². The average Bonchev–Trinajstić information content (AvgIpc) is 2.88. The molecule has 3 heterocycles. The number of fused-ring (bicyclic) bond motifs is 1. The second kappa shape index (κ2) is 8.41. The Balaban J connectivity index is 0.000000615. The number of amides is 2. The van der Waals surface area contributed by atoms with Gasteiger partial charge in [-0.1, -0.05) is 27.7 Å². The van der Waals surface area contributed by atoms with Crippen molar-refractivity contribution in [3.05, 3.63) is 23.7 Å². The van der Waals surface area contributed by atoms with Crippen LogP contribution in [-0.4, -0.2) is 26.6 Å². The Labute approximate surface area is 137 Å². The summed E-state index contributed by atoms with van der Waals surface area (Å²) in [6.45, 7) is 9.91. The van der Waals surface area contributed by atoms with Crippen molar-refractivity contribution in [3.8, 4) is 0 Å². The van der Waals surface area contributed by atoms with E-state index in [1.54, 1.807) is 10.9 Å². The number of rotatable bonds is 1. The van der Waals surface area contributed by atoms with Gasteiger partial charge < -0.3 is 0 Å². The van der Waals surface area contributed by atoms with Gasteiger partial charge in [0.1, 0.15) is 0 Å². The molecule has 1 saturated heterocycles. The summed E-state index contributed by atoms with van der Waals surface area (Å²) in [5.74, 6) is -0.849. The van der Waals surface area contributed by atoms with Gasteiger partial charge in [-0.3, -0.25) is 24.6 Å². The van der Waals surface area contributed by atoms with Crippen molar-refractivity contribution in [3.63, 3.8) is 0 Å². The van der Waals surface area contributed by atoms with E-state index in [0.29, 0.717) is 18.5 Å². The third-order valence-electron chi connectivity index (χ3n) is 3.47. The number of piperidine rings is 1. The molecule has 2 amide bonds. The Kier molecular flexibility index (Phi) is 6.88. The largest absolute Gasteiger partial charge is 0.296 e. The number of carbonyl (C=O) groups is 2. The lowest BCUT2D eigenvalue weighted by molar-refractivity contribution is -0.134. The Hall–Kier alpha value is -2.24. The first-order valence-electron chi connectivity index (χ1n) is 8.19. The first-order valence-corrected chi connectivity index (χ1v) is 8.19. The van der Waals surface area contributed by atoms with Crippen LogP contribution in [0, 0.1) is 6.92 Å². The van der Waals surface area contributed by atoms with E-state index in [0.717, 1.165) is 16.6 Å². The molecule has 126 valence electrons. The number of aromatic nitrogens is 3. The highest BCUT2D eigenvalue weighted by Gasteiger charge is 2.31. The third kappa shape index (κ3) is 3.94. The third-order valence-corrected chi connectivity index (χ3v) is 3.47. The van der Waals surface area contributed by atoms with Crippen LogP contribution in [0.2, 0.25) is 0 Å². The SMILES string of the molecule is CC.CC.Cc1cc2c(cn1)c(C1CCC(=O)NC1=O)nn2C. The van der Waals surface area contributed by atoms with Gasteiger partial charge in [-0.25, -0.2) is 0 Å². The monoisotopic (exact) mass is 318 g/mol. The molecule has 0 saturated carbocycles. The lowest BCUT2D eigenvalue weighted by atomic mass is 9.93. The van der Waals surface area contributed by atoms with Crippen LogP contribution in [0.15, 0.2) is 12.3 Å². The molecule has 1 aliphatic heterocycles. The van der Waals surface area contributed by atoms with E-state index in [9.17, 15) is 9.59 Å². The minimum Gasteiger partial charge on any atom is -0.296 e. The molecule has 1 aliphatic rings. The summed E-state index contributed by atoms with van der Waals surface area (Å²) < 4.78 is 1.75. The fourth-order valence-corrected chi connectivity index (χ4v) is 2.49. The number of carbonyl (C=O) groups excluding carboxylic acids is 2. The smallest absolute Gasteiger partial charge is 0.235 e. The average molecular weight is 318 g/mol. The van der Waals surface area contributed by atoms with Gasteiger partial charge in [0.25, 0.3) is 0 Å². The second-order valence-corrected chi connectivity index (χ2v) is 4.86. The van der Waals surface area contributed by atoms with Crippen LogP contribution in [0.25, 0.3) is 10.9 Å². The number of imide groups is 1.